The minimum Gasteiger partial charge on any atom is -0.463 e. The molecule has 10 nitrogen and oxygen atoms in total. The average Bonchev–Trinajstić information content (AvgIpc) is 3.52. The SMILES string of the molecule is C=CC(=O)OCCCCCCCCCC.C=CC(=O)OCCCCCCCCCCC.C=CC(=O)OCCCCCCCCCCCC.C=CC(=O)OCCCCCCCCCCCCC.C=CC(=O)OCCCCCCCCCCCCCC. The molecule has 0 fully saturated rings. The monoisotopic (exact) mass is 1200 g/mol. The van der Waals surface area contributed by atoms with Gasteiger partial charge in [0.05, 0.1) is 33.0 Å². The molecular weight excluding hydrogens is 1060 g/mol. The van der Waals surface area contributed by atoms with Crippen molar-refractivity contribution in [2.24, 2.45) is 0 Å². The van der Waals surface area contributed by atoms with Crippen molar-refractivity contribution in [1.29, 1.82) is 0 Å². The lowest BCUT2D eigenvalue weighted by atomic mass is 10.1. The molecule has 0 N–H and O–H groups in total. The first-order chi connectivity index (χ1) is 41.5. The van der Waals surface area contributed by atoms with Gasteiger partial charge in [0, 0.05) is 30.4 Å². The van der Waals surface area contributed by atoms with Gasteiger partial charge in [0.15, 0.2) is 0 Å². The van der Waals surface area contributed by atoms with Crippen LogP contribution in [-0.4, -0.2) is 62.9 Å². The van der Waals surface area contributed by atoms with Crippen LogP contribution in [0, 0.1) is 0 Å². The smallest absolute Gasteiger partial charge is 0.330 e. The van der Waals surface area contributed by atoms with Crippen molar-refractivity contribution in [2.75, 3.05) is 33.0 Å². The van der Waals surface area contributed by atoms with E-state index in [-0.39, 0.29) is 29.8 Å². The van der Waals surface area contributed by atoms with Crippen LogP contribution in [0.25, 0.3) is 0 Å². The third-order valence-corrected chi connectivity index (χ3v) is 14.5. The topological polar surface area (TPSA) is 132 Å². The fourth-order valence-electron chi connectivity index (χ4n) is 9.11. The Labute approximate surface area is 527 Å². The van der Waals surface area contributed by atoms with Crippen molar-refractivity contribution in [1.82, 2.24) is 0 Å². The maximum absolute atomic E-state index is 10.8. The van der Waals surface area contributed by atoms with Crippen LogP contribution in [0.3, 0.4) is 0 Å². The summed E-state index contributed by atoms with van der Waals surface area (Å²) in [7, 11) is 0. The third-order valence-electron chi connectivity index (χ3n) is 14.5. The molecule has 0 aliphatic rings. The van der Waals surface area contributed by atoms with Gasteiger partial charge in [-0.2, -0.15) is 0 Å². The molecule has 0 unspecified atom stereocenters. The molecule has 85 heavy (non-hydrogen) atoms. The first kappa shape index (κ1) is 89.8. The largest absolute Gasteiger partial charge is 0.463 e. The lowest BCUT2D eigenvalue weighted by Gasteiger charge is -2.03. The summed E-state index contributed by atoms with van der Waals surface area (Å²) >= 11 is 0. The zero-order valence-electron chi connectivity index (χ0n) is 56.9. The second-order valence-corrected chi connectivity index (χ2v) is 22.8. The van der Waals surface area contributed by atoms with Crippen LogP contribution in [0.2, 0.25) is 0 Å². The summed E-state index contributed by atoms with van der Waals surface area (Å²) in [4.78, 5) is 53.6. The number of ether oxygens (including phenoxy) is 5. The molecule has 0 heterocycles. The van der Waals surface area contributed by atoms with E-state index in [0.29, 0.717) is 33.0 Å². The van der Waals surface area contributed by atoms with Gasteiger partial charge in [0.2, 0.25) is 0 Å². The van der Waals surface area contributed by atoms with E-state index in [4.69, 9.17) is 23.7 Å². The fourth-order valence-corrected chi connectivity index (χ4v) is 9.11. The molecule has 0 saturated heterocycles. The van der Waals surface area contributed by atoms with E-state index in [9.17, 15) is 24.0 Å². The molecule has 0 aliphatic heterocycles. The van der Waals surface area contributed by atoms with Gasteiger partial charge in [-0.05, 0) is 32.1 Å². The van der Waals surface area contributed by atoms with Crippen LogP contribution < -0.4 is 0 Å². The van der Waals surface area contributed by atoms with Crippen LogP contribution in [0.1, 0.15) is 356 Å². The number of hydrogen-bond acceptors (Lipinski definition) is 10. The van der Waals surface area contributed by atoms with Crippen molar-refractivity contribution in [2.45, 2.75) is 356 Å². The minimum absolute atomic E-state index is 0.303. The zero-order valence-corrected chi connectivity index (χ0v) is 56.9. The van der Waals surface area contributed by atoms with Gasteiger partial charge in [-0.25, -0.2) is 24.0 Å². The Balaban J connectivity index is -0.000000314. The first-order valence-corrected chi connectivity index (χ1v) is 35.5. The van der Waals surface area contributed by atoms with E-state index in [0.717, 1.165) is 44.9 Å². The predicted octanol–water partition coefficient (Wildman–Crippen LogP) is 23.2. The fraction of sp³-hybridized carbons (Fsp3) is 0.800. The molecule has 0 rings (SSSR count). The number of hydrogen-bond donors (Lipinski definition) is 0. The predicted molar refractivity (Wildman–Crippen MR) is 365 cm³/mol. The number of unbranched alkanes of at least 4 members (excludes halogenated alkanes) is 45. The van der Waals surface area contributed by atoms with Gasteiger partial charge in [-0.3, -0.25) is 0 Å². The van der Waals surface area contributed by atoms with Gasteiger partial charge in [-0.1, -0.05) is 356 Å². The van der Waals surface area contributed by atoms with Crippen LogP contribution in [-0.2, 0) is 47.7 Å². The highest BCUT2D eigenvalue weighted by Crippen LogP contribution is 2.15. The van der Waals surface area contributed by atoms with Crippen molar-refractivity contribution in [3.05, 3.63) is 63.3 Å². The first-order valence-electron chi connectivity index (χ1n) is 35.5. The van der Waals surface area contributed by atoms with Gasteiger partial charge >= 0.3 is 29.8 Å². The van der Waals surface area contributed by atoms with E-state index < -0.39 is 0 Å². The summed E-state index contributed by atoms with van der Waals surface area (Å²) in [5.74, 6) is -1.52. The molecule has 0 bridgehead atoms. The van der Waals surface area contributed by atoms with Gasteiger partial charge in [0.1, 0.15) is 0 Å². The molecule has 0 aromatic carbocycles. The van der Waals surface area contributed by atoms with E-state index in [1.54, 1.807) is 0 Å². The lowest BCUT2D eigenvalue weighted by Crippen LogP contribution is -2.01. The van der Waals surface area contributed by atoms with Crippen molar-refractivity contribution in [3.8, 4) is 0 Å². The van der Waals surface area contributed by atoms with Crippen molar-refractivity contribution >= 4 is 29.8 Å². The summed E-state index contributed by atoms with van der Waals surface area (Å²) in [6.45, 7) is 30.7. The Morgan fingerprint density at radius 3 is 0.376 bits per heavy atom. The van der Waals surface area contributed by atoms with Crippen LogP contribution >= 0.6 is 0 Å². The Morgan fingerprint density at radius 1 is 0.188 bits per heavy atom. The number of rotatable bonds is 60. The highest BCUT2D eigenvalue weighted by molar-refractivity contribution is 5.82. The molecule has 0 aliphatic carbocycles. The number of carbonyl (C=O) groups is 5. The molecule has 0 aromatic heterocycles. The second kappa shape index (κ2) is 86.5. The highest BCUT2D eigenvalue weighted by Gasteiger charge is 2.01. The Morgan fingerprint density at radius 2 is 0.282 bits per heavy atom. The van der Waals surface area contributed by atoms with Crippen molar-refractivity contribution in [3.63, 3.8) is 0 Å². The molecule has 0 amide bonds. The van der Waals surface area contributed by atoms with Gasteiger partial charge in [-0.15, -0.1) is 0 Å². The Kier molecular flexibility index (Phi) is 91.4. The zero-order chi connectivity index (χ0) is 63.8. The molecule has 0 saturated carbocycles. The standard InChI is InChI=1S/C17H32O2.C16H30O2.C15H28O2.C14H26O2.C13H24O2/c1-3-5-6-7-8-9-10-11-12-13-14-15-16-19-17(18)4-2;1-3-5-6-7-8-9-10-11-12-13-14-15-18-16(17)4-2;1-3-5-6-7-8-9-10-11-12-13-14-17-15(16)4-2;1-3-5-6-7-8-9-10-11-12-13-16-14(15)4-2;1-3-5-6-7-8-9-10-11-12-15-13(14)4-2/h4H,2-3,5-16H2,1H3;4H,2-3,5-15H2,1H3;4H,2-3,5-14H2,1H3;4H,2-3,5-13H2,1H3;4H,2-3,5-12H2,1H3. The molecule has 0 radical (unpaired) electrons. The quantitative estimate of drug-likeness (QED) is 0.0251. The summed E-state index contributed by atoms with van der Waals surface area (Å²) < 4.78 is 24.5. The van der Waals surface area contributed by atoms with E-state index in [2.05, 4.69) is 67.5 Å². The third kappa shape index (κ3) is 96.6. The van der Waals surface area contributed by atoms with E-state index >= 15 is 0 Å². The van der Waals surface area contributed by atoms with Crippen LogP contribution in [0.15, 0.2) is 63.3 Å². The van der Waals surface area contributed by atoms with Crippen molar-refractivity contribution < 1.29 is 47.7 Å². The second-order valence-electron chi connectivity index (χ2n) is 22.8. The Bertz CT molecular complexity index is 1420. The minimum atomic E-state index is -0.307. The molecule has 0 aromatic rings. The Hall–Kier alpha value is -3.95. The lowest BCUT2D eigenvalue weighted by molar-refractivity contribution is -0.138. The highest BCUT2D eigenvalue weighted by atomic mass is 16.5. The molecular formula is C75H140O10. The maximum atomic E-state index is 10.8. The summed E-state index contributed by atoms with van der Waals surface area (Å²) in [6, 6.07) is 0. The summed E-state index contributed by atoms with van der Waals surface area (Å²) in [6.07, 6.45) is 71.0. The molecule has 0 spiro atoms. The van der Waals surface area contributed by atoms with Crippen LogP contribution in [0.5, 0.6) is 0 Å². The molecule has 10 heteroatoms. The number of carbonyl (C=O) groups excluding carboxylic acids is 5. The van der Waals surface area contributed by atoms with E-state index in [1.807, 2.05) is 0 Å². The normalized spacial score (nSPS) is 10.2. The summed E-state index contributed by atoms with van der Waals surface area (Å²) in [5, 5.41) is 0. The maximum Gasteiger partial charge on any atom is 0.330 e. The summed E-state index contributed by atoms with van der Waals surface area (Å²) in [5.41, 5.74) is 0. The van der Waals surface area contributed by atoms with Crippen LogP contribution in [0.4, 0.5) is 0 Å². The molecule has 0 atom stereocenters. The van der Waals surface area contributed by atoms with E-state index in [1.165, 1.54) is 306 Å². The number of esters is 5. The molecule has 500 valence electrons. The van der Waals surface area contributed by atoms with Gasteiger partial charge in [0.25, 0.3) is 0 Å². The van der Waals surface area contributed by atoms with Gasteiger partial charge < -0.3 is 23.7 Å². The average molecular weight is 1200 g/mol.